The number of carbonyl (C=O) groups is 1. The Bertz CT molecular complexity index is 438. The minimum absolute atomic E-state index is 0. The second-order valence-electron chi connectivity index (χ2n) is 2.92. The Labute approximate surface area is 115 Å². The van der Waals surface area contributed by atoms with Crippen LogP contribution in [0.25, 0.3) is 0 Å². The molecule has 0 saturated carbocycles. The van der Waals surface area contributed by atoms with E-state index >= 15 is 0 Å². The third-order valence-corrected chi connectivity index (χ3v) is 1.73. The molecule has 0 unspecified atom stereocenters. The number of thiocarbonyl (C=S) groups is 1. The minimum atomic E-state index is -0.370. The van der Waals surface area contributed by atoms with E-state index < -0.39 is 0 Å². The maximum Gasteiger partial charge on any atom is 0.271 e. The first kappa shape index (κ1) is 15.9. The van der Waals surface area contributed by atoms with E-state index in [2.05, 4.69) is 33.6 Å². The zero-order valence-electron chi connectivity index (χ0n) is 9.21. The van der Waals surface area contributed by atoms with Crippen LogP contribution in [0.1, 0.15) is 10.4 Å². The number of benzene rings is 1. The second-order valence-corrected chi connectivity index (χ2v) is 3.36. The lowest BCUT2D eigenvalue weighted by atomic mass is 10.2. The lowest BCUT2D eigenvalue weighted by Crippen LogP contribution is -2.48. The van der Waals surface area contributed by atoms with Crippen LogP contribution in [0.4, 0.5) is 0 Å². The summed E-state index contributed by atoms with van der Waals surface area (Å²) in [4.78, 5) is 11.5. The summed E-state index contributed by atoms with van der Waals surface area (Å²) in [5.74, 6) is -0.437. The van der Waals surface area contributed by atoms with Crippen molar-refractivity contribution < 1.29 is 4.79 Å². The third kappa shape index (κ3) is 5.87. The van der Waals surface area contributed by atoms with Crippen molar-refractivity contribution in [2.75, 3.05) is 0 Å². The number of nitrogens with zero attached hydrogens (tertiary/aromatic N) is 1. The highest BCUT2D eigenvalue weighted by molar-refractivity contribution is 7.80. The molecular weight excluding hydrogens is 276 g/mol. The van der Waals surface area contributed by atoms with Gasteiger partial charge in [0.2, 0.25) is 5.96 Å². The fourth-order valence-electron chi connectivity index (χ4n) is 0.919. The van der Waals surface area contributed by atoms with E-state index in [1.165, 1.54) is 0 Å². The molecule has 7 nitrogen and oxygen atoms in total. The fraction of sp³-hybridized carbons (Fsp3) is 0. The number of amides is 1. The number of guanidine groups is 1. The molecule has 0 aliphatic carbocycles. The Hall–Kier alpha value is -2.06. The molecule has 1 aromatic carbocycles. The van der Waals surface area contributed by atoms with Crippen LogP contribution in [-0.2, 0) is 0 Å². The number of rotatable bonds is 2. The molecule has 18 heavy (non-hydrogen) atoms. The van der Waals surface area contributed by atoms with Gasteiger partial charge in [-0.3, -0.25) is 15.6 Å². The molecule has 9 heteroatoms. The van der Waals surface area contributed by atoms with Crippen molar-refractivity contribution in [3.63, 3.8) is 0 Å². The molecule has 0 atom stereocenters. The summed E-state index contributed by atoms with van der Waals surface area (Å²) >= 11 is 4.53. The van der Waals surface area contributed by atoms with Crippen molar-refractivity contribution in [1.82, 2.24) is 16.3 Å². The van der Waals surface area contributed by atoms with E-state index in [4.69, 9.17) is 11.5 Å². The molecule has 1 aromatic rings. The number of hydrogen-bond donors (Lipinski definition) is 5. The van der Waals surface area contributed by atoms with Crippen LogP contribution in [0.2, 0.25) is 0 Å². The first-order valence-electron chi connectivity index (χ1n) is 4.59. The highest BCUT2D eigenvalue weighted by Gasteiger charge is 2.02. The first-order valence-corrected chi connectivity index (χ1v) is 5.00. The predicted molar refractivity (Wildman–Crippen MR) is 75.8 cm³/mol. The Morgan fingerprint density at radius 3 is 2.33 bits per heavy atom. The molecule has 0 fully saturated rings. The first-order chi connectivity index (χ1) is 8.09. The molecule has 7 N–H and O–H groups in total. The van der Waals surface area contributed by atoms with Crippen LogP contribution < -0.4 is 27.7 Å². The summed E-state index contributed by atoms with van der Waals surface area (Å²) in [5, 5.41) is 3.59. The Morgan fingerprint density at radius 1 is 1.17 bits per heavy atom. The number of nitrogens with two attached hydrogens (primary N) is 2. The number of hydrazone groups is 1. The molecule has 0 aromatic heterocycles. The van der Waals surface area contributed by atoms with Crippen molar-refractivity contribution in [1.29, 1.82) is 0 Å². The molecule has 1 rings (SSSR count). The molecule has 1 amide bonds. The monoisotopic (exact) mass is 288 g/mol. The summed E-state index contributed by atoms with van der Waals surface area (Å²) in [6, 6.07) is 8.61. The number of hydrazine groups is 1. The maximum atomic E-state index is 11.5. The molecule has 0 saturated heterocycles. The van der Waals surface area contributed by atoms with Gasteiger partial charge < -0.3 is 11.5 Å². The Kier molecular flexibility index (Phi) is 7.17. The largest absolute Gasteiger partial charge is 0.375 e. The summed E-state index contributed by atoms with van der Waals surface area (Å²) in [6.45, 7) is 0. The number of nitrogens with one attached hydrogen (secondary N) is 3. The molecular formula is C9H13ClN6OS. The predicted octanol–water partition coefficient (Wildman–Crippen LogP) is -0.594. The Balaban J connectivity index is 0.00000289. The molecule has 0 heterocycles. The average Bonchev–Trinajstić information content (AvgIpc) is 2.34. The van der Waals surface area contributed by atoms with Gasteiger partial charge in [-0.15, -0.1) is 17.5 Å². The molecule has 0 aliphatic heterocycles. The van der Waals surface area contributed by atoms with Crippen LogP contribution in [0.3, 0.4) is 0 Å². The lowest BCUT2D eigenvalue weighted by Gasteiger charge is -2.06. The zero-order valence-corrected chi connectivity index (χ0v) is 10.8. The average molecular weight is 289 g/mol. The normalized spacial score (nSPS) is 9.89. The van der Waals surface area contributed by atoms with E-state index in [1.54, 1.807) is 24.3 Å². The van der Waals surface area contributed by atoms with Gasteiger partial charge in [0.05, 0.1) is 0 Å². The van der Waals surface area contributed by atoms with Crippen LogP contribution in [0, 0.1) is 0 Å². The van der Waals surface area contributed by atoms with Gasteiger partial charge in [-0.2, -0.15) is 0 Å². The number of hydrogen-bond acceptors (Lipinski definition) is 3. The van der Waals surface area contributed by atoms with Crippen molar-refractivity contribution in [3.05, 3.63) is 35.9 Å². The van der Waals surface area contributed by atoms with Gasteiger partial charge in [-0.1, -0.05) is 18.2 Å². The summed E-state index contributed by atoms with van der Waals surface area (Å²) in [7, 11) is 0. The fourth-order valence-corrected chi connectivity index (χ4v) is 0.970. The maximum absolute atomic E-state index is 11.5. The third-order valence-electron chi connectivity index (χ3n) is 1.63. The van der Waals surface area contributed by atoms with Crippen LogP contribution in [0.15, 0.2) is 35.4 Å². The molecule has 0 aliphatic rings. The molecule has 0 radical (unpaired) electrons. The van der Waals surface area contributed by atoms with E-state index in [1.807, 2.05) is 6.07 Å². The Morgan fingerprint density at radius 2 is 1.78 bits per heavy atom. The highest BCUT2D eigenvalue weighted by Crippen LogP contribution is 1.97. The van der Waals surface area contributed by atoms with Gasteiger partial charge >= 0.3 is 0 Å². The topological polar surface area (TPSA) is 118 Å². The summed E-state index contributed by atoms with van der Waals surface area (Å²) in [5.41, 5.74) is 18.0. The van der Waals surface area contributed by atoms with Gasteiger partial charge in [0.15, 0.2) is 5.11 Å². The van der Waals surface area contributed by atoms with Crippen molar-refractivity contribution in [3.8, 4) is 0 Å². The summed E-state index contributed by atoms with van der Waals surface area (Å²) in [6.07, 6.45) is 0. The smallest absolute Gasteiger partial charge is 0.271 e. The molecule has 98 valence electrons. The molecule has 0 spiro atoms. The van der Waals surface area contributed by atoms with Gasteiger partial charge in [-0.25, -0.2) is 5.43 Å². The highest BCUT2D eigenvalue weighted by atomic mass is 35.5. The van der Waals surface area contributed by atoms with Gasteiger partial charge in [0, 0.05) is 5.56 Å². The summed E-state index contributed by atoms with van der Waals surface area (Å²) < 4.78 is 0. The number of halogens is 1. The van der Waals surface area contributed by atoms with E-state index in [-0.39, 0.29) is 29.4 Å². The van der Waals surface area contributed by atoms with E-state index in [0.29, 0.717) is 5.56 Å². The standard InChI is InChI=1S/C9H12N6OS.ClH/c10-8(14-15-9(11)17)13-12-7(16)6-4-2-1-3-5-6;/h1-5H,(H,12,16)(H3,10,13,14)(H3,11,15,17);1H. The van der Waals surface area contributed by atoms with Gasteiger partial charge in [0.1, 0.15) is 0 Å². The SMILES string of the molecule is Cl.NC(=S)NN/C(N)=N/NC(=O)c1ccccc1. The van der Waals surface area contributed by atoms with Crippen LogP contribution >= 0.6 is 24.6 Å². The number of carbonyl (C=O) groups excluding carboxylic acids is 1. The van der Waals surface area contributed by atoms with Gasteiger partial charge in [0.25, 0.3) is 5.91 Å². The van der Waals surface area contributed by atoms with E-state index in [0.717, 1.165) is 0 Å². The van der Waals surface area contributed by atoms with Crippen LogP contribution in [-0.4, -0.2) is 17.0 Å². The van der Waals surface area contributed by atoms with Gasteiger partial charge in [-0.05, 0) is 24.4 Å². The molecule has 0 bridgehead atoms. The van der Waals surface area contributed by atoms with Crippen molar-refractivity contribution in [2.45, 2.75) is 0 Å². The zero-order chi connectivity index (χ0) is 12.7. The van der Waals surface area contributed by atoms with Crippen molar-refractivity contribution >= 4 is 41.6 Å². The lowest BCUT2D eigenvalue weighted by molar-refractivity contribution is 0.0954. The van der Waals surface area contributed by atoms with E-state index in [9.17, 15) is 4.79 Å². The van der Waals surface area contributed by atoms with Crippen LogP contribution in [0.5, 0.6) is 0 Å². The van der Waals surface area contributed by atoms with Crippen molar-refractivity contribution in [2.24, 2.45) is 16.6 Å². The quantitative estimate of drug-likeness (QED) is 0.215. The minimum Gasteiger partial charge on any atom is -0.375 e. The second kappa shape index (κ2) is 8.09.